The van der Waals surface area contributed by atoms with Gasteiger partial charge in [-0.05, 0) is 67.1 Å². The Morgan fingerprint density at radius 3 is 1.44 bits per heavy atom. The smallest absolute Gasteiger partial charge is 1.00 e. The molecule has 1 atom stereocenters. The van der Waals surface area contributed by atoms with E-state index in [4.69, 9.17) is 63.1 Å². The van der Waals surface area contributed by atoms with Gasteiger partial charge >= 0.3 is 23.1 Å². The molecule has 0 fully saturated rings. The van der Waals surface area contributed by atoms with E-state index in [-0.39, 0.29) is 53.2 Å². The van der Waals surface area contributed by atoms with Crippen LogP contribution in [0.1, 0.15) is 34.0 Å². The summed E-state index contributed by atoms with van der Waals surface area (Å²) in [6.45, 7) is 1.65. The van der Waals surface area contributed by atoms with E-state index in [9.17, 15) is 9.90 Å². The first kappa shape index (κ1) is 44.7. The average molecular weight is 779 g/mol. The molecular weight excluding hydrogens is 739 g/mol. The van der Waals surface area contributed by atoms with Gasteiger partial charge in [-0.1, -0.05) is 29.3 Å². The monoisotopic (exact) mass is 776 g/mol. The Kier molecular flexibility index (Phi) is 18.3. The fourth-order valence-electron chi connectivity index (χ4n) is 4.60. The minimum absolute atomic E-state index is 0. The van der Waals surface area contributed by atoms with E-state index in [1.807, 2.05) is 0 Å². The number of hydrogen-bond acceptors (Lipinski definition) is 10. The number of carbonyl (C=O) groups excluding carboxylic acids is 1. The Hall–Kier alpha value is -3.26. The van der Waals surface area contributed by atoms with Gasteiger partial charge in [-0.3, -0.25) is 4.79 Å². The summed E-state index contributed by atoms with van der Waals surface area (Å²) in [6, 6.07) is 16.3. The van der Waals surface area contributed by atoms with Gasteiger partial charge in [-0.25, -0.2) is 0 Å². The van der Waals surface area contributed by atoms with Gasteiger partial charge in [0.2, 0.25) is 11.5 Å². The molecule has 0 aliphatic carbocycles. The average Bonchev–Trinajstić information content (AvgIpc) is 3.02. The van der Waals surface area contributed by atoms with Crippen LogP contribution in [0, 0.1) is 7.43 Å². The first-order valence-corrected chi connectivity index (χ1v) is 14.1. The summed E-state index contributed by atoms with van der Waals surface area (Å²) in [5, 5.41) is 12.0. The zero-order valence-electron chi connectivity index (χ0n) is 28.1. The Morgan fingerprint density at radius 2 is 1.06 bits per heavy atom. The molecule has 14 heteroatoms. The summed E-state index contributed by atoms with van der Waals surface area (Å²) in [7, 11) is 9.04. The van der Waals surface area contributed by atoms with E-state index < -0.39 is 5.60 Å². The third-order valence-electron chi connectivity index (χ3n) is 6.95. The van der Waals surface area contributed by atoms with Crippen molar-refractivity contribution in [1.29, 1.82) is 0 Å². The zero-order chi connectivity index (χ0) is 33.5. The number of nitrogen functional groups attached to an aromatic ring is 2. The van der Waals surface area contributed by atoms with Crippen LogP contribution in [0.3, 0.4) is 0 Å². The van der Waals surface area contributed by atoms with Crippen LogP contribution in [-0.2, 0) is 5.60 Å². The third kappa shape index (κ3) is 9.90. The van der Waals surface area contributed by atoms with E-state index in [0.29, 0.717) is 78.2 Å². The number of hydrogen-bond donors (Lipinski definition) is 3. The van der Waals surface area contributed by atoms with Crippen molar-refractivity contribution < 1.29 is 55.3 Å². The van der Waals surface area contributed by atoms with Crippen molar-refractivity contribution in [3.8, 4) is 34.5 Å². The van der Waals surface area contributed by atoms with Crippen LogP contribution in [0.5, 0.6) is 34.5 Å². The summed E-state index contributed by atoms with van der Waals surface area (Å²) in [5.41, 5.74) is 13.1. The minimum atomic E-state index is -1.36. The van der Waals surface area contributed by atoms with Gasteiger partial charge in [0.15, 0.2) is 28.8 Å². The fraction of sp³-hybridized carbons (Fsp3) is 0.235. The molecule has 10 nitrogen and oxygen atoms in total. The molecule has 0 aliphatic rings. The number of rotatable bonds is 10. The van der Waals surface area contributed by atoms with Gasteiger partial charge in [0.25, 0.3) is 0 Å². The first-order chi connectivity index (χ1) is 21.4. The summed E-state index contributed by atoms with van der Waals surface area (Å²) < 4.78 is 31.7. The predicted molar refractivity (Wildman–Crippen MR) is 188 cm³/mol. The second-order valence-corrected chi connectivity index (χ2v) is 10.6. The van der Waals surface area contributed by atoms with Gasteiger partial charge in [0.1, 0.15) is 5.60 Å². The van der Waals surface area contributed by atoms with E-state index in [0.717, 1.165) is 0 Å². The zero-order valence-corrected chi connectivity index (χ0v) is 32.6. The largest absolute Gasteiger partial charge is 2.00 e. The molecule has 0 saturated heterocycles. The number of ether oxygens (including phenoxy) is 6. The van der Waals surface area contributed by atoms with Crippen molar-refractivity contribution in [2.75, 3.05) is 54.1 Å². The van der Waals surface area contributed by atoms with Crippen molar-refractivity contribution in [2.24, 2.45) is 0 Å². The normalized spacial score (nSPS) is 11.0. The number of methoxy groups -OCH3 is 6. The third-order valence-corrected chi connectivity index (χ3v) is 7.42. The molecule has 5 N–H and O–H groups in total. The number of anilines is 2. The summed E-state index contributed by atoms with van der Waals surface area (Å²) in [6.07, 6.45) is 0. The molecule has 1 unspecified atom stereocenters. The summed E-state index contributed by atoms with van der Waals surface area (Å²) in [4.78, 5) is 12.6. The maximum atomic E-state index is 12.6. The van der Waals surface area contributed by atoms with Gasteiger partial charge in [-0.15, -0.1) is 0 Å². The Balaban J connectivity index is 0.000000867. The van der Waals surface area contributed by atoms with Crippen molar-refractivity contribution in [3.63, 3.8) is 0 Å². The standard InChI is InChI=1S/C17H20ClNO4.C16H16ClNO4.CH3.BrH.Mg/c1-17(20,12-6-5-11(18)9-13(12)19)10-7-14(21-2)16(23-4)15(8-10)22-3;1-20-13-6-9(7-14(21-2)16(13)22-3)15(19)11-5-4-10(17)8-12(11)18;;;/h5-9,20H,19H2,1-4H3;4-8H,18H2,1-3H3;1H3;1H;/q;;-1;;+2/p-1. The van der Waals surface area contributed by atoms with Crippen LogP contribution >= 0.6 is 23.2 Å². The van der Waals surface area contributed by atoms with E-state index in [1.165, 1.54) is 48.7 Å². The van der Waals surface area contributed by atoms with Crippen molar-refractivity contribution in [2.45, 2.75) is 12.5 Å². The molecule has 48 heavy (non-hydrogen) atoms. The number of benzene rings is 4. The SMILES string of the molecule is COc1cc(C(=O)c2ccc(Cl)cc2N)cc(OC)c1OC.COc1cc(C(C)(O)c2ccc(Cl)cc2N)cc(OC)c1OC.[Br-].[CH3-].[Mg+2]. The van der Waals surface area contributed by atoms with Crippen molar-refractivity contribution in [3.05, 3.63) is 100 Å². The number of ketones is 1. The number of halogens is 3. The van der Waals surface area contributed by atoms with Crippen molar-refractivity contribution in [1.82, 2.24) is 0 Å². The van der Waals surface area contributed by atoms with Crippen LogP contribution in [0.4, 0.5) is 11.4 Å². The maximum absolute atomic E-state index is 12.6. The van der Waals surface area contributed by atoms with Gasteiger partial charge < -0.3 is 69.4 Å². The Bertz CT molecular complexity index is 1640. The second kappa shape index (κ2) is 19.7. The van der Waals surface area contributed by atoms with Crippen LogP contribution in [0.15, 0.2) is 60.7 Å². The molecule has 4 aromatic rings. The topological polar surface area (TPSA) is 145 Å². The fourth-order valence-corrected chi connectivity index (χ4v) is 4.96. The quantitative estimate of drug-likeness (QED) is 0.0949. The van der Waals surface area contributed by atoms with Crippen LogP contribution in [0.2, 0.25) is 10.0 Å². The molecule has 4 rings (SSSR count). The minimum Gasteiger partial charge on any atom is -1.00 e. The number of carbonyl (C=O) groups is 1. The molecule has 0 saturated carbocycles. The molecule has 0 aromatic heterocycles. The molecular formula is C34H39BrCl2MgN2O8. The number of aliphatic hydroxyl groups is 1. The first-order valence-electron chi connectivity index (χ1n) is 13.3. The van der Waals surface area contributed by atoms with Gasteiger partial charge in [0.05, 0.1) is 42.7 Å². The molecule has 4 aromatic carbocycles. The van der Waals surface area contributed by atoms with Crippen molar-refractivity contribution >= 4 is 63.4 Å². The Morgan fingerprint density at radius 1 is 0.667 bits per heavy atom. The number of nitrogens with two attached hydrogens (primary N) is 2. The second-order valence-electron chi connectivity index (χ2n) is 9.69. The van der Waals surface area contributed by atoms with Gasteiger partial charge in [0, 0.05) is 38.1 Å². The van der Waals surface area contributed by atoms with Crippen LogP contribution in [0.25, 0.3) is 0 Å². The molecule has 0 aliphatic heterocycles. The molecule has 0 amide bonds. The molecule has 0 heterocycles. The molecule has 0 bridgehead atoms. The summed E-state index contributed by atoms with van der Waals surface area (Å²) in [5.74, 6) is 2.33. The molecule has 0 spiro atoms. The van der Waals surface area contributed by atoms with E-state index >= 15 is 0 Å². The van der Waals surface area contributed by atoms with Crippen LogP contribution < -0.4 is 56.9 Å². The molecule has 0 radical (unpaired) electrons. The summed E-state index contributed by atoms with van der Waals surface area (Å²) >= 11 is 11.8. The molecule has 256 valence electrons. The predicted octanol–water partition coefficient (Wildman–Crippen LogP) is 3.46. The maximum Gasteiger partial charge on any atom is 2.00 e. The Labute approximate surface area is 318 Å². The van der Waals surface area contributed by atoms with Gasteiger partial charge in [-0.2, -0.15) is 0 Å². The van der Waals surface area contributed by atoms with E-state index in [1.54, 1.807) is 61.5 Å². The van der Waals surface area contributed by atoms with E-state index in [2.05, 4.69) is 0 Å². The van der Waals surface area contributed by atoms with Crippen LogP contribution in [-0.4, -0.2) is 76.6 Å².